The number of hydrogen-bond acceptors (Lipinski definition) is 7. The fraction of sp³-hybridized carbons (Fsp3) is 0.212. The van der Waals surface area contributed by atoms with E-state index in [1.54, 1.807) is 30.6 Å². The molecule has 0 bridgehead atoms. The first-order valence-corrected chi connectivity index (χ1v) is 14.0. The van der Waals surface area contributed by atoms with E-state index < -0.39 is 5.82 Å². The van der Waals surface area contributed by atoms with Crippen molar-refractivity contribution in [1.82, 2.24) is 20.3 Å². The Bertz CT molecular complexity index is 1740. The Morgan fingerprint density at radius 2 is 1.90 bits per heavy atom. The number of halogens is 1. The Labute approximate surface area is 243 Å². The molecule has 3 N–H and O–H groups in total. The van der Waals surface area contributed by atoms with E-state index in [1.807, 2.05) is 55.5 Å². The molecule has 1 saturated heterocycles. The fourth-order valence-corrected chi connectivity index (χ4v) is 5.19. The van der Waals surface area contributed by atoms with Crippen LogP contribution in [0.2, 0.25) is 0 Å². The quantitative estimate of drug-likeness (QED) is 0.205. The van der Waals surface area contributed by atoms with Crippen molar-refractivity contribution >= 4 is 28.3 Å². The number of pyridine rings is 1. The second-order valence-electron chi connectivity index (χ2n) is 10.3. The van der Waals surface area contributed by atoms with E-state index in [0.29, 0.717) is 34.5 Å². The number of nitrogens with zero attached hydrogens (tertiary/aromatic N) is 3. The number of hydrogen-bond donors (Lipinski definition) is 3. The summed E-state index contributed by atoms with van der Waals surface area (Å²) in [6.07, 6.45) is 5.52. The third-order valence-electron chi connectivity index (χ3n) is 7.32. The molecule has 3 heterocycles. The van der Waals surface area contributed by atoms with Crippen LogP contribution in [0.15, 0.2) is 85.2 Å². The zero-order valence-corrected chi connectivity index (χ0v) is 23.2. The van der Waals surface area contributed by atoms with Gasteiger partial charge in [0.15, 0.2) is 0 Å². The Hall–Kier alpha value is -4.89. The predicted octanol–water partition coefficient (Wildman–Crippen LogP) is 6.28. The van der Waals surface area contributed by atoms with Gasteiger partial charge in [0.1, 0.15) is 11.6 Å². The predicted molar refractivity (Wildman–Crippen MR) is 162 cm³/mol. The molecular weight excluding hydrogens is 531 g/mol. The van der Waals surface area contributed by atoms with E-state index in [0.717, 1.165) is 47.8 Å². The Morgan fingerprint density at radius 3 is 2.76 bits per heavy atom. The molecule has 0 saturated carbocycles. The molecule has 1 unspecified atom stereocenters. The maximum atomic E-state index is 14.1. The zero-order valence-electron chi connectivity index (χ0n) is 23.2. The first-order chi connectivity index (χ1) is 20.5. The highest BCUT2D eigenvalue weighted by molar-refractivity contribution is 6.05. The first-order valence-electron chi connectivity index (χ1n) is 14.0. The fourth-order valence-electron chi connectivity index (χ4n) is 5.19. The summed E-state index contributed by atoms with van der Waals surface area (Å²) < 4.78 is 20.6. The van der Waals surface area contributed by atoms with Crippen LogP contribution in [-0.4, -0.2) is 40.0 Å². The summed E-state index contributed by atoms with van der Waals surface area (Å²) in [4.78, 5) is 26.6. The van der Waals surface area contributed by atoms with Gasteiger partial charge in [-0.2, -0.15) is 0 Å². The normalized spacial score (nSPS) is 14.9. The monoisotopic (exact) mass is 562 g/mol. The topological polar surface area (TPSA) is 101 Å². The average molecular weight is 563 g/mol. The van der Waals surface area contributed by atoms with Crippen molar-refractivity contribution < 1.29 is 13.9 Å². The molecule has 3 aromatic carbocycles. The van der Waals surface area contributed by atoms with Gasteiger partial charge in [0.2, 0.25) is 17.7 Å². The Balaban J connectivity index is 1.28. The van der Waals surface area contributed by atoms with Crippen LogP contribution in [0.1, 0.15) is 24.0 Å². The number of aryl methyl sites for hydroxylation is 1. The van der Waals surface area contributed by atoms with E-state index >= 15 is 0 Å². The molecular formula is C33H31FN6O2. The van der Waals surface area contributed by atoms with Crippen molar-refractivity contribution in [3.63, 3.8) is 0 Å². The third-order valence-corrected chi connectivity index (χ3v) is 7.32. The van der Waals surface area contributed by atoms with Gasteiger partial charge in [-0.3, -0.25) is 4.79 Å². The number of piperidine rings is 1. The highest BCUT2D eigenvalue weighted by Gasteiger charge is 2.18. The summed E-state index contributed by atoms with van der Waals surface area (Å²) in [7, 11) is 0. The summed E-state index contributed by atoms with van der Waals surface area (Å²) in [5, 5.41) is 11.4. The maximum absolute atomic E-state index is 14.1. The van der Waals surface area contributed by atoms with Gasteiger partial charge in [-0.15, -0.1) is 0 Å². The number of amides is 1. The van der Waals surface area contributed by atoms with E-state index in [9.17, 15) is 9.18 Å². The molecule has 1 aliphatic rings. The summed E-state index contributed by atoms with van der Waals surface area (Å²) in [5.74, 6) is 0.887. The second-order valence-corrected chi connectivity index (χ2v) is 10.3. The van der Waals surface area contributed by atoms with Crippen LogP contribution < -0.4 is 20.7 Å². The minimum atomic E-state index is -0.402. The Morgan fingerprint density at radius 1 is 1.00 bits per heavy atom. The summed E-state index contributed by atoms with van der Waals surface area (Å²) >= 11 is 0. The molecule has 212 valence electrons. The molecule has 6 rings (SSSR count). The minimum Gasteiger partial charge on any atom is -0.437 e. The standard InChI is InChI=1S/C33H31FN6O2/c1-21-13-14-24-25(9-4-12-28(24)39-30(41)19-22-7-2-3-11-27(22)34)31(21)42-32-26(10-6-17-36-32)29-15-18-37-33(40-29)38-23-8-5-16-35-20-23/h2-4,6-7,9-15,17-18,23,35H,5,8,16,19-20H2,1H3,(H,39,41)(H,37,38,40). The lowest BCUT2D eigenvalue weighted by atomic mass is 10.0. The molecule has 2 aromatic heterocycles. The van der Waals surface area contributed by atoms with E-state index in [-0.39, 0.29) is 18.4 Å². The number of benzene rings is 3. The number of fused-ring (bicyclic) bond motifs is 1. The largest absolute Gasteiger partial charge is 0.437 e. The number of nitrogens with one attached hydrogen (secondary N) is 3. The van der Waals surface area contributed by atoms with Crippen LogP contribution in [0.4, 0.5) is 16.0 Å². The molecule has 0 aliphatic carbocycles. The van der Waals surface area contributed by atoms with Crippen LogP contribution >= 0.6 is 0 Å². The second kappa shape index (κ2) is 12.3. The number of aromatic nitrogens is 3. The molecule has 0 spiro atoms. The number of ether oxygens (including phenoxy) is 1. The molecule has 1 amide bonds. The van der Waals surface area contributed by atoms with E-state index in [4.69, 9.17) is 9.72 Å². The molecule has 5 aromatic rings. The number of rotatable bonds is 8. The van der Waals surface area contributed by atoms with E-state index in [1.165, 1.54) is 6.07 Å². The van der Waals surface area contributed by atoms with Gasteiger partial charge in [-0.1, -0.05) is 42.5 Å². The summed E-state index contributed by atoms with van der Waals surface area (Å²) in [5.41, 5.74) is 3.29. The third kappa shape index (κ3) is 6.06. The van der Waals surface area contributed by atoms with Crippen LogP contribution in [0.5, 0.6) is 11.6 Å². The smallest absolute Gasteiger partial charge is 0.228 e. The molecule has 1 atom stereocenters. The maximum Gasteiger partial charge on any atom is 0.228 e. The lowest BCUT2D eigenvalue weighted by molar-refractivity contribution is -0.115. The van der Waals surface area contributed by atoms with Crippen molar-refractivity contribution in [1.29, 1.82) is 0 Å². The first kappa shape index (κ1) is 27.3. The number of anilines is 2. The van der Waals surface area contributed by atoms with Gasteiger partial charge < -0.3 is 20.7 Å². The van der Waals surface area contributed by atoms with Crippen LogP contribution in [-0.2, 0) is 11.2 Å². The highest BCUT2D eigenvalue weighted by atomic mass is 19.1. The van der Waals surface area contributed by atoms with Gasteiger partial charge in [-0.05, 0) is 67.8 Å². The zero-order chi connectivity index (χ0) is 28.9. The SMILES string of the molecule is Cc1ccc2c(NC(=O)Cc3ccccc3F)cccc2c1Oc1ncccc1-c1ccnc(NC2CCCNC2)n1. The summed E-state index contributed by atoms with van der Waals surface area (Å²) in [6, 6.07) is 21.7. The van der Waals surface area contributed by atoms with Crippen LogP contribution in [0, 0.1) is 12.7 Å². The molecule has 9 heteroatoms. The Kier molecular flexibility index (Phi) is 8.00. The van der Waals surface area contributed by atoms with Gasteiger partial charge >= 0.3 is 0 Å². The average Bonchev–Trinajstić information content (AvgIpc) is 3.01. The molecule has 42 heavy (non-hydrogen) atoms. The van der Waals surface area contributed by atoms with Crippen molar-refractivity contribution in [2.75, 3.05) is 23.7 Å². The molecule has 8 nitrogen and oxygen atoms in total. The molecule has 1 fully saturated rings. The van der Waals surface area contributed by atoms with Crippen molar-refractivity contribution in [2.45, 2.75) is 32.2 Å². The van der Waals surface area contributed by atoms with E-state index in [2.05, 4.69) is 25.9 Å². The van der Waals surface area contributed by atoms with Crippen LogP contribution in [0.25, 0.3) is 22.0 Å². The van der Waals surface area contributed by atoms with Crippen molar-refractivity contribution in [3.05, 3.63) is 102 Å². The summed E-state index contributed by atoms with van der Waals surface area (Å²) in [6.45, 7) is 3.87. The van der Waals surface area contributed by atoms with Crippen molar-refractivity contribution in [3.8, 4) is 22.9 Å². The van der Waals surface area contributed by atoms with Gasteiger partial charge in [0, 0.05) is 41.4 Å². The number of carbonyl (C=O) groups excluding carboxylic acids is 1. The lowest BCUT2D eigenvalue weighted by Crippen LogP contribution is -2.38. The molecule has 0 radical (unpaired) electrons. The highest BCUT2D eigenvalue weighted by Crippen LogP contribution is 2.38. The van der Waals surface area contributed by atoms with Crippen molar-refractivity contribution in [2.24, 2.45) is 0 Å². The van der Waals surface area contributed by atoms with Gasteiger partial charge in [0.05, 0.1) is 17.7 Å². The molecule has 1 aliphatic heterocycles. The minimum absolute atomic E-state index is 0.0669. The van der Waals surface area contributed by atoms with Crippen LogP contribution in [0.3, 0.4) is 0 Å². The van der Waals surface area contributed by atoms with Gasteiger partial charge in [0.25, 0.3) is 0 Å². The lowest BCUT2D eigenvalue weighted by Gasteiger charge is -2.23. The van der Waals surface area contributed by atoms with Gasteiger partial charge in [-0.25, -0.2) is 19.3 Å². The number of carbonyl (C=O) groups is 1.